The van der Waals surface area contributed by atoms with Gasteiger partial charge in [0.1, 0.15) is 5.82 Å². The molecule has 1 N–H and O–H groups in total. The third-order valence-corrected chi connectivity index (χ3v) is 4.37. The molecule has 0 bridgehead atoms. The third-order valence-electron chi connectivity index (χ3n) is 2.55. The fourth-order valence-electron chi connectivity index (χ4n) is 1.79. The summed E-state index contributed by atoms with van der Waals surface area (Å²) in [6, 6.07) is 2.25. The minimum Gasteiger partial charge on any atom is -0.207 e. The van der Waals surface area contributed by atoms with Gasteiger partial charge in [0.2, 0.25) is 10.0 Å². The van der Waals surface area contributed by atoms with E-state index in [1.165, 1.54) is 6.07 Å². The van der Waals surface area contributed by atoms with Crippen molar-refractivity contribution in [1.29, 1.82) is 0 Å². The second kappa shape index (κ2) is 5.73. The van der Waals surface area contributed by atoms with Crippen molar-refractivity contribution in [3.63, 3.8) is 0 Å². The molecule has 0 radical (unpaired) electrons. The predicted octanol–water partition coefficient (Wildman–Crippen LogP) is 3.40. The normalized spacial score (nSPS) is 13.0. The van der Waals surface area contributed by atoms with Crippen LogP contribution in [0.3, 0.4) is 0 Å². The highest BCUT2D eigenvalue weighted by atomic mass is 32.2. The lowest BCUT2D eigenvalue weighted by Crippen LogP contribution is -2.41. The number of nitrogens with one attached hydrogen (secondary N) is 1. The van der Waals surface area contributed by atoms with E-state index in [2.05, 4.69) is 4.72 Å². The molecule has 0 aliphatic heterocycles. The van der Waals surface area contributed by atoms with E-state index >= 15 is 0 Å². The first-order valence-corrected chi connectivity index (χ1v) is 7.61. The van der Waals surface area contributed by atoms with Crippen molar-refractivity contribution in [2.24, 2.45) is 0 Å². The van der Waals surface area contributed by atoms with Crippen LogP contribution in [0.2, 0.25) is 0 Å². The van der Waals surface area contributed by atoms with Gasteiger partial charge in [0.25, 0.3) is 6.43 Å². The molecule has 1 aromatic rings. The van der Waals surface area contributed by atoms with Crippen LogP contribution in [0.5, 0.6) is 0 Å². The summed E-state index contributed by atoms with van der Waals surface area (Å²) in [7, 11) is -4.21. The Labute approximate surface area is 117 Å². The Balaban J connectivity index is 3.50. The average Bonchev–Trinajstić information content (AvgIpc) is 2.24. The Bertz CT molecular complexity index is 592. The quantitative estimate of drug-likeness (QED) is 0.926. The van der Waals surface area contributed by atoms with Gasteiger partial charge in [-0.2, -0.15) is 0 Å². The molecule has 1 aromatic carbocycles. The third kappa shape index (κ3) is 3.73. The Hall–Kier alpha value is -1.08. The molecule has 0 saturated carbocycles. The van der Waals surface area contributed by atoms with Crippen LogP contribution in [0, 0.1) is 5.82 Å². The van der Waals surface area contributed by atoms with Crippen molar-refractivity contribution in [2.75, 3.05) is 0 Å². The van der Waals surface area contributed by atoms with E-state index in [0.717, 1.165) is 6.07 Å². The molecule has 0 saturated heterocycles. The van der Waals surface area contributed by atoms with Crippen LogP contribution in [0.4, 0.5) is 13.2 Å². The van der Waals surface area contributed by atoms with Crippen LogP contribution in [0.1, 0.15) is 45.2 Å². The molecule has 7 heteroatoms. The smallest absolute Gasteiger partial charge is 0.207 e. The number of halogens is 3. The van der Waals surface area contributed by atoms with E-state index in [-0.39, 0.29) is 12.0 Å². The minimum atomic E-state index is -4.21. The maximum Gasteiger partial charge on any atom is 0.267 e. The summed E-state index contributed by atoms with van der Waals surface area (Å²) in [5.41, 5.74) is -1.85. The van der Waals surface area contributed by atoms with Crippen LogP contribution in [0.15, 0.2) is 17.0 Å². The van der Waals surface area contributed by atoms with E-state index in [1.54, 1.807) is 27.7 Å². The van der Waals surface area contributed by atoms with E-state index in [1.807, 2.05) is 0 Å². The SMILES string of the molecule is CCc1ccc(S(=O)(=O)NC(C)(C)C)c(C(F)F)c1F. The van der Waals surface area contributed by atoms with Gasteiger partial charge in [-0.15, -0.1) is 0 Å². The molecule has 0 aliphatic rings. The lowest BCUT2D eigenvalue weighted by atomic mass is 10.1. The Morgan fingerprint density at radius 2 is 1.80 bits per heavy atom. The summed E-state index contributed by atoms with van der Waals surface area (Å²) in [6.45, 7) is 6.32. The van der Waals surface area contributed by atoms with Crippen LogP contribution in [-0.4, -0.2) is 14.0 Å². The summed E-state index contributed by atoms with van der Waals surface area (Å²) in [4.78, 5) is -0.711. The second-order valence-electron chi connectivity index (χ2n) is 5.46. The average molecular weight is 309 g/mol. The molecule has 0 heterocycles. The van der Waals surface area contributed by atoms with Gasteiger partial charge in [-0.1, -0.05) is 13.0 Å². The van der Waals surface area contributed by atoms with Gasteiger partial charge in [-0.25, -0.2) is 26.3 Å². The molecule has 0 aromatic heterocycles. The molecule has 1 rings (SSSR count). The summed E-state index contributed by atoms with van der Waals surface area (Å²) in [5, 5.41) is 0. The standard InChI is InChI=1S/C13H18F3NO2S/c1-5-8-6-7-9(10(11(8)14)12(15)16)20(18,19)17-13(2,3)4/h6-7,12,17H,5H2,1-4H3. The van der Waals surface area contributed by atoms with Crippen molar-refractivity contribution in [2.45, 2.75) is 51.0 Å². The first kappa shape index (κ1) is 17.0. The fraction of sp³-hybridized carbons (Fsp3) is 0.538. The van der Waals surface area contributed by atoms with Gasteiger partial charge in [0.05, 0.1) is 10.5 Å². The zero-order chi connectivity index (χ0) is 15.7. The van der Waals surface area contributed by atoms with Gasteiger partial charge in [0, 0.05) is 5.54 Å². The molecule has 0 atom stereocenters. The first-order valence-electron chi connectivity index (χ1n) is 6.13. The molecule has 114 valence electrons. The number of hydrogen-bond acceptors (Lipinski definition) is 2. The molecular weight excluding hydrogens is 291 g/mol. The maximum atomic E-state index is 14.0. The highest BCUT2D eigenvalue weighted by Gasteiger charge is 2.30. The molecule has 0 unspecified atom stereocenters. The van der Waals surface area contributed by atoms with Crippen molar-refractivity contribution in [3.8, 4) is 0 Å². The molecule has 0 fully saturated rings. The molecule has 3 nitrogen and oxygen atoms in total. The first-order chi connectivity index (χ1) is 8.99. The van der Waals surface area contributed by atoms with E-state index < -0.39 is 38.3 Å². The minimum absolute atomic E-state index is 0.0648. The zero-order valence-corrected chi connectivity index (χ0v) is 12.6. The van der Waals surface area contributed by atoms with Crippen LogP contribution in [-0.2, 0) is 16.4 Å². The van der Waals surface area contributed by atoms with E-state index in [4.69, 9.17) is 0 Å². The van der Waals surface area contributed by atoms with E-state index in [9.17, 15) is 21.6 Å². The van der Waals surface area contributed by atoms with Crippen molar-refractivity contribution < 1.29 is 21.6 Å². The van der Waals surface area contributed by atoms with Gasteiger partial charge < -0.3 is 0 Å². The van der Waals surface area contributed by atoms with Crippen LogP contribution >= 0.6 is 0 Å². The number of alkyl halides is 2. The lowest BCUT2D eigenvalue weighted by Gasteiger charge is -2.22. The highest BCUT2D eigenvalue weighted by molar-refractivity contribution is 7.89. The highest BCUT2D eigenvalue weighted by Crippen LogP contribution is 2.31. The maximum absolute atomic E-state index is 14.0. The van der Waals surface area contributed by atoms with Gasteiger partial charge in [-0.3, -0.25) is 0 Å². The Morgan fingerprint density at radius 1 is 1.25 bits per heavy atom. The topological polar surface area (TPSA) is 46.2 Å². The molecule has 0 amide bonds. The molecule has 20 heavy (non-hydrogen) atoms. The molecular formula is C13H18F3NO2S. The molecule has 0 spiro atoms. The van der Waals surface area contributed by atoms with Gasteiger partial charge in [0.15, 0.2) is 0 Å². The zero-order valence-electron chi connectivity index (χ0n) is 11.8. The summed E-state index contributed by atoms with van der Waals surface area (Å²) in [6.07, 6.45) is -2.99. The predicted molar refractivity (Wildman–Crippen MR) is 70.8 cm³/mol. The largest absolute Gasteiger partial charge is 0.267 e. The fourth-order valence-corrected chi connectivity index (χ4v) is 3.42. The second-order valence-corrected chi connectivity index (χ2v) is 7.11. The lowest BCUT2D eigenvalue weighted by molar-refractivity contribution is 0.142. The summed E-state index contributed by atoms with van der Waals surface area (Å²) in [5.74, 6) is -1.15. The number of aryl methyl sites for hydroxylation is 1. The van der Waals surface area contributed by atoms with Crippen molar-refractivity contribution >= 4 is 10.0 Å². The summed E-state index contributed by atoms with van der Waals surface area (Å²) < 4.78 is 66.5. The van der Waals surface area contributed by atoms with Crippen molar-refractivity contribution in [3.05, 3.63) is 29.1 Å². The van der Waals surface area contributed by atoms with Crippen LogP contribution in [0.25, 0.3) is 0 Å². The van der Waals surface area contributed by atoms with Crippen molar-refractivity contribution in [1.82, 2.24) is 4.72 Å². The summed E-state index contributed by atoms with van der Waals surface area (Å²) >= 11 is 0. The monoisotopic (exact) mass is 309 g/mol. The number of rotatable bonds is 4. The van der Waals surface area contributed by atoms with Gasteiger partial charge >= 0.3 is 0 Å². The Kier molecular flexibility index (Phi) is 4.86. The number of hydrogen-bond donors (Lipinski definition) is 1. The molecule has 0 aliphatic carbocycles. The number of benzene rings is 1. The number of sulfonamides is 1. The van der Waals surface area contributed by atoms with E-state index in [0.29, 0.717) is 0 Å². The van der Waals surface area contributed by atoms with Crippen LogP contribution < -0.4 is 4.72 Å². The Morgan fingerprint density at radius 3 is 2.20 bits per heavy atom. The van der Waals surface area contributed by atoms with Gasteiger partial charge in [-0.05, 0) is 38.8 Å².